The van der Waals surface area contributed by atoms with Crippen LogP contribution in [-0.2, 0) is 35.2 Å². The van der Waals surface area contributed by atoms with Crippen molar-refractivity contribution in [1.29, 1.82) is 0 Å². The van der Waals surface area contributed by atoms with Crippen LogP contribution in [0.3, 0.4) is 0 Å². The molecular formula is C34H44N2O6. The summed E-state index contributed by atoms with van der Waals surface area (Å²) in [6, 6.07) is 18.6. The first kappa shape index (κ1) is 31.6. The summed E-state index contributed by atoms with van der Waals surface area (Å²) in [5.41, 5.74) is 3.45. The summed E-state index contributed by atoms with van der Waals surface area (Å²) < 4.78 is 17.2. The van der Waals surface area contributed by atoms with Gasteiger partial charge >= 0.3 is 5.97 Å². The second-order valence-electron chi connectivity index (χ2n) is 11.0. The first-order chi connectivity index (χ1) is 20.5. The molecule has 1 amide bonds. The van der Waals surface area contributed by atoms with Gasteiger partial charge in [0.2, 0.25) is 5.91 Å². The first-order valence-electron chi connectivity index (χ1n) is 15.2. The molecule has 226 valence electrons. The van der Waals surface area contributed by atoms with Gasteiger partial charge in [-0.15, -0.1) is 0 Å². The van der Waals surface area contributed by atoms with Crippen LogP contribution in [0.2, 0.25) is 0 Å². The highest BCUT2D eigenvalue weighted by Gasteiger charge is 2.45. The molecule has 1 aliphatic carbocycles. The Hall–Kier alpha value is -3.33. The lowest BCUT2D eigenvalue weighted by molar-refractivity contribution is -0.143. The van der Waals surface area contributed by atoms with E-state index in [1.165, 1.54) is 18.1 Å². The van der Waals surface area contributed by atoms with Gasteiger partial charge in [0.25, 0.3) is 0 Å². The number of amides is 1. The molecule has 1 heterocycles. The largest absolute Gasteiger partial charge is 0.466 e. The fourth-order valence-electron chi connectivity index (χ4n) is 5.72. The SMILES string of the molecule is CC(=O)NCCCOC(=O)CC/C=C\CCC1[C@@H](OCc2ccc(-c3ccccc3)cc2)CC(=O)[C@@H]1N1CCOCC1. The number of nitrogens with zero attached hydrogens (tertiary/aromatic N) is 1. The third-order valence-electron chi connectivity index (χ3n) is 7.89. The molecule has 3 atom stereocenters. The van der Waals surface area contributed by atoms with E-state index in [1.54, 1.807) is 0 Å². The molecule has 42 heavy (non-hydrogen) atoms. The van der Waals surface area contributed by atoms with Gasteiger partial charge in [0.1, 0.15) is 0 Å². The summed E-state index contributed by atoms with van der Waals surface area (Å²) in [6.45, 7) is 5.58. The van der Waals surface area contributed by atoms with Crippen LogP contribution in [0.25, 0.3) is 11.1 Å². The van der Waals surface area contributed by atoms with Crippen LogP contribution < -0.4 is 5.32 Å². The number of hydrogen-bond acceptors (Lipinski definition) is 7. The molecule has 0 spiro atoms. The van der Waals surface area contributed by atoms with E-state index in [2.05, 4.69) is 52.7 Å². The number of allylic oxidation sites excluding steroid dienone is 2. The Morgan fingerprint density at radius 2 is 1.71 bits per heavy atom. The normalized spacial score (nSPS) is 21.1. The van der Waals surface area contributed by atoms with E-state index >= 15 is 0 Å². The van der Waals surface area contributed by atoms with Crippen LogP contribution in [0.4, 0.5) is 0 Å². The standard InChI is InChI=1S/C34H44N2O6/c1-26(37)35-18-9-21-41-33(39)13-8-3-2-7-12-30-32(24-31(38)34(30)36-19-22-40-23-20-36)42-25-27-14-16-29(17-15-27)28-10-5-4-6-11-28/h2-6,10-11,14-17,30,32,34H,7-9,12-13,18-25H2,1H3,(H,35,37)/b3-2-/t30?,32-,34+/m0/s1. The maximum absolute atomic E-state index is 13.2. The fourth-order valence-corrected chi connectivity index (χ4v) is 5.72. The predicted molar refractivity (Wildman–Crippen MR) is 162 cm³/mol. The van der Waals surface area contributed by atoms with E-state index in [0.717, 1.165) is 31.5 Å². The highest BCUT2D eigenvalue weighted by Crippen LogP contribution is 2.35. The van der Waals surface area contributed by atoms with E-state index in [0.29, 0.717) is 58.7 Å². The maximum Gasteiger partial charge on any atom is 0.306 e. The Balaban J connectivity index is 1.26. The summed E-state index contributed by atoms with van der Waals surface area (Å²) in [5.74, 6) is 0.0480. The lowest BCUT2D eigenvalue weighted by Gasteiger charge is -2.35. The van der Waals surface area contributed by atoms with Crippen LogP contribution in [-0.4, -0.2) is 74.2 Å². The highest BCUT2D eigenvalue weighted by atomic mass is 16.5. The molecule has 1 unspecified atom stereocenters. The highest BCUT2D eigenvalue weighted by molar-refractivity contribution is 5.87. The van der Waals surface area contributed by atoms with E-state index in [1.807, 2.05) is 24.3 Å². The van der Waals surface area contributed by atoms with Gasteiger partial charge < -0.3 is 19.5 Å². The number of hydrogen-bond donors (Lipinski definition) is 1. The van der Waals surface area contributed by atoms with Crippen LogP contribution in [0, 0.1) is 5.92 Å². The molecule has 8 heteroatoms. The van der Waals surface area contributed by atoms with E-state index in [9.17, 15) is 14.4 Å². The van der Waals surface area contributed by atoms with Gasteiger partial charge in [-0.2, -0.15) is 0 Å². The molecule has 1 N–H and O–H groups in total. The second kappa shape index (κ2) is 16.9. The average molecular weight is 577 g/mol. The zero-order chi connectivity index (χ0) is 29.6. The molecule has 1 aliphatic heterocycles. The van der Waals surface area contributed by atoms with Crippen molar-refractivity contribution in [2.45, 2.75) is 64.2 Å². The summed E-state index contributed by atoms with van der Waals surface area (Å²) in [4.78, 5) is 38.3. The Labute approximate surface area is 249 Å². The third kappa shape index (κ3) is 9.89. The average Bonchev–Trinajstić information content (AvgIpc) is 3.33. The molecule has 2 fully saturated rings. The number of Topliss-reactive ketones (excluding diaryl/α,β-unsaturated/α-hetero) is 1. The molecule has 1 saturated carbocycles. The summed E-state index contributed by atoms with van der Waals surface area (Å²) in [7, 11) is 0. The van der Waals surface area contributed by atoms with E-state index in [4.69, 9.17) is 14.2 Å². The van der Waals surface area contributed by atoms with Gasteiger partial charge in [0, 0.05) is 45.3 Å². The van der Waals surface area contributed by atoms with Crippen molar-refractivity contribution in [2.75, 3.05) is 39.5 Å². The lowest BCUT2D eigenvalue weighted by atomic mass is 9.93. The number of esters is 1. The van der Waals surface area contributed by atoms with Crippen molar-refractivity contribution in [1.82, 2.24) is 10.2 Å². The smallest absolute Gasteiger partial charge is 0.306 e. The van der Waals surface area contributed by atoms with Gasteiger partial charge in [-0.3, -0.25) is 19.3 Å². The topological polar surface area (TPSA) is 94.2 Å². The predicted octanol–water partition coefficient (Wildman–Crippen LogP) is 4.71. The fraction of sp³-hybridized carbons (Fsp3) is 0.500. The van der Waals surface area contributed by atoms with Gasteiger partial charge in [0.15, 0.2) is 5.78 Å². The van der Waals surface area contributed by atoms with Crippen LogP contribution in [0.5, 0.6) is 0 Å². The molecule has 2 aromatic carbocycles. The molecule has 0 bridgehead atoms. The van der Waals surface area contributed by atoms with Crippen LogP contribution in [0.15, 0.2) is 66.7 Å². The molecule has 2 aliphatic rings. The third-order valence-corrected chi connectivity index (χ3v) is 7.89. The molecule has 0 aromatic heterocycles. The van der Waals surface area contributed by atoms with Crippen molar-refractivity contribution < 1.29 is 28.6 Å². The number of benzene rings is 2. The number of ether oxygens (including phenoxy) is 3. The zero-order valence-corrected chi connectivity index (χ0v) is 24.7. The molecule has 0 radical (unpaired) electrons. The van der Waals surface area contributed by atoms with Gasteiger partial charge in [-0.25, -0.2) is 0 Å². The minimum absolute atomic E-state index is 0.0867. The number of rotatable bonds is 15. The summed E-state index contributed by atoms with van der Waals surface area (Å²) in [6.07, 6.45) is 7.63. The van der Waals surface area contributed by atoms with Crippen LogP contribution in [0.1, 0.15) is 51.0 Å². The van der Waals surface area contributed by atoms with Gasteiger partial charge in [0.05, 0.1) is 38.6 Å². The monoisotopic (exact) mass is 576 g/mol. The van der Waals surface area contributed by atoms with Crippen molar-refractivity contribution in [2.24, 2.45) is 5.92 Å². The molecule has 2 aromatic rings. The van der Waals surface area contributed by atoms with Gasteiger partial charge in [-0.1, -0.05) is 66.7 Å². The number of carbonyl (C=O) groups is 3. The Morgan fingerprint density at radius 3 is 2.45 bits per heavy atom. The number of ketones is 1. The molecular weight excluding hydrogens is 532 g/mol. The van der Waals surface area contributed by atoms with Crippen molar-refractivity contribution in [3.63, 3.8) is 0 Å². The minimum Gasteiger partial charge on any atom is -0.466 e. The Morgan fingerprint density at radius 1 is 1.00 bits per heavy atom. The molecule has 8 nitrogen and oxygen atoms in total. The summed E-state index contributed by atoms with van der Waals surface area (Å²) >= 11 is 0. The van der Waals surface area contributed by atoms with Crippen molar-refractivity contribution in [3.8, 4) is 11.1 Å². The van der Waals surface area contributed by atoms with Crippen molar-refractivity contribution >= 4 is 17.7 Å². The molecule has 4 rings (SSSR count). The summed E-state index contributed by atoms with van der Waals surface area (Å²) in [5, 5.41) is 2.68. The maximum atomic E-state index is 13.2. The number of nitrogens with one attached hydrogen (secondary N) is 1. The van der Waals surface area contributed by atoms with E-state index in [-0.39, 0.29) is 35.7 Å². The molecule has 1 saturated heterocycles. The first-order valence-corrected chi connectivity index (χ1v) is 15.2. The number of morpholine rings is 1. The lowest BCUT2D eigenvalue weighted by Crippen LogP contribution is -2.49. The minimum atomic E-state index is -0.235. The van der Waals surface area contributed by atoms with Gasteiger partial charge in [-0.05, 0) is 42.4 Å². The van der Waals surface area contributed by atoms with Crippen LogP contribution >= 0.6 is 0 Å². The number of carbonyl (C=O) groups excluding carboxylic acids is 3. The Kier molecular flexibility index (Phi) is 12.8. The Bertz CT molecular complexity index is 1160. The quantitative estimate of drug-likeness (QED) is 0.186. The zero-order valence-electron chi connectivity index (χ0n) is 24.7. The van der Waals surface area contributed by atoms with Crippen molar-refractivity contribution in [3.05, 3.63) is 72.3 Å². The second-order valence-corrected chi connectivity index (χ2v) is 11.0. The van der Waals surface area contributed by atoms with E-state index < -0.39 is 0 Å².